The molecule has 0 aromatic heterocycles. The number of fused-ring (bicyclic) bond motifs is 1. The van der Waals surface area contributed by atoms with E-state index in [4.69, 9.17) is 0 Å². The van der Waals surface area contributed by atoms with Crippen LogP contribution in [0.2, 0.25) is 0 Å². The van der Waals surface area contributed by atoms with Crippen molar-refractivity contribution in [2.45, 2.75) is 62.2 Å². The minimum atomic E-state index is -4.82. The number of rotatable bonds is 6. The third-order valence-corrected chi connectivity index (χ3v) is 10.5. The van der Waals surface area contributed by atoms with Gasteiger partial charge in [0.25, 0.3) is 0 Å². The van der Waals surface area contributed by atoms with E-state index < -0.39 is 32.6 Å². The van der Waals surface area contributed by atoms with Gasteiger partial charge in [0.05, 0.1) is 16.9 Å². The molecule has 41 heavy (non-hydrogen) atoms. The molecular formula is C31H33F3N2O4S. The van der Waals surface area contributed by atoms with Crippen LogP contribution in [0.3, 0.4) is 0 Å². The van der Waals surface area contributed by atoms with E-state index in [0.717, 1.165) is 33.1 Å². The van der Waals surface area contributed by atoms with Crippen molar-refractivity contribution in [2.24, 2.45) is 0 Å². The van der Waals surface area contributed by atoms with Crippen LogP contribution in [-0.4, -0.2) is 60.4 Å². The normalized spacial score (nSPS) is 22.3. The molecule has 0 radical (unpaired) electrons. The van der Waals surface area contributed by atoms with Gasteiger partial charge in [0.15, 0.2) is 0 Å². The van der Waals surface area contributed by atoms with Gasteiger partial charge >= 0.3 is 12.1 Å². The molecule has 0 spiro atoms. The predicted molar refractivity (Wildman–Crippen MR) is 150 cm³/mol. The first-order valence-electron chi connectivity index (χ1n) is 13.7. The number of halogens is 3. The van der Waals surface area contributed by atoms with Crippen molar-refractivity contribution in [3.8, 4) is 11.1 Å². The monoisotopic (exact) mass is 586 g/mol. The summed E-state index contributed by atoms with van der Waals surface area (Å²) in [5.74, 6) is -1.23. The molecule has 1 unspecified atom stereocenters. The average Bonchev–Trinajstić information content (AvgIpc) is 2.91. The summed E-state index contributed by atoms with van der Waals surface area (Å²) >= 11 is 0. The zero-order chi connectivity index (χ0) is 29.5. The number of aryl methyl sites for hydroxylation is 1. The van der Waals surface area contributed by atoms with E-state index >= 15 is 0 Å². The molecule has 2 aliphatic heterocycles. The number of carbonyl (C=O) groups is 1. The Hall–Kier alpha value is -3.21. The SMILES string of the molecule is Cc1cccc(-c2ccc(C3[C@@H](CC(=O)O)N4CCCCN(S(=O)(=O)c5ccccc5C(F)(F)F)C[C@@H]34)cc2)c1C. The second-order valence-corrected chi connectivity index (χ2v) is 12.8. The lowest BCUT2D eigenvalue weighted by Gasteiger charge is -2.57. The Morgan fingerprint density at radius 1 is 0.951 bits per heavy atom. The lowest BCUT2D eigenvalue weighted by molar-refractivity contribution is -0.142. The van der Waals surface area contributed by atoms with Crippen LogP contribution in [0.25, 0.3) is 11.1 Å². The van der Waals surface area contributed by atoms with Crippen LogP contribution < -0.4 is 0 Å². The number of alkyl halides is 3. The molecule has 218 valence electrons. The Labute approximate surface area is 238 Å². The second kappa shape index (κ2) is 11.2. The number of benzene rings is 3. The summed E-state index contributed by atoms with van der Waals surface area (Å²) in [6, 6.07) is 17.6. The van der Waals surface area contributed by atoms with E-state index in [1.807, 2.05) is 54.3 Å². The highest BCUT2D eigenvalue weighted by atomic mass is 32.2. The van der Waals surface area contributed by atoms with Crippen molar-refractivity contribution in [3.05, 3.63) is 89.0 Å². The molecule has 6 nitrogen and oxygen atoms in total. The van der Waals surface area contributed by atoms with E-state index in [-0.39, 0.29) is 37.5 Å². The summed E-state index contributed by atoms with van der Waals surface area (Å²) in [4.78, 5) is 13.1. The third kappa shape index (κ3) is 5.65. The van der Waals surface area contributed by atoms with Gasteiger partial charge in [-0.05, 0) is 73.2 Å². The van der Waals surface area contributed by atoms with Crippen LogP contribution in [-0.2, 0) is 21.0 Å². The quantitative estimate of drug-likeness (QED) is 0.379. The number of hydrogen-bond donors (Lipinski definition) is 1. The van der Waals surface area contributed by atoms with Crippen molar-refractivity contribution >= 4 is 16.0 Å². The summed E-state index contributed by atoms with van der Waals surface area (Å²) in [6.45, 7) is 4.79. The van der Waals surface area contributed by atoms with Crippen LogP contribution in [0.1, 0.15) is 47.4 Å². The minimum absolute atomic E-state index is 0.0198. The minimum Gasteiger partial charge on any atom is -0.481 e. The fourth-order valence-corrected chi connectivity index (χ4v) is 8.05. The summed E-state index contributed by atoms with van der Waals surface area (Å²) in [5, 5.41) is 9.68. The topological polar surface area (TPSA) is 77.9 Å². The molecule has 0 bridgehead atoms. The summed E-state index contributed by atoms with van der Waals surface area (Å²) in [7, 11) is -4.47. The highest BCUT2D eigenvalue weighted by Crippen LogP contribution is 2.45. The molecule has 1 N–H and O–H groups in total. The van der Waals surface area contributed by atoms with E-state index in [0.29, 0.717) is 19.4 Å². The maximum atomic E-state index is 13.8. The fraction of sp³-hybridized carbons (Fsp3) is 0.387. The summed E-state index contributed by atoms with van der Waals surface area (Å²) < 4.78 is 69.8. The standard InChI is InChI=1S/C31H33F3N2O4S/c1-20-8-7-9-24(21(20)2)22-12-14-23(15-13-22)30-26(18-29(37)38)36-17-6-5-16-35(19-27(30)36)41(39,40)28-11-4-3-10-25(28)31(32,33)34/h3-4,7-15,26-27,30H,5-6,16-19H2,1-2H3,(H,37,38)/t26-,27+,30?/m1/s1. The van der Waals surface area contributed by atoms with Crippen molar-refractivity contribution in [1.29, 1.82) is 0 Å². The first-order valence-corrected chi connectivity index (χ1v) is 15.1. The molecule has 2 aliphatic rings. The van der Waals surface area contributed by atoms with E-state index in [9.17, 15) is 31.5 Å². The Kier molecular flexibility index (Phi) is 8.02. The van der Waals surface area contributed by atoms with Crippen LogP contribution in [0.5, 0.6) is 0 Å². The van der Waals surface area contributed by atoms with E-state index in [2.05, 4.69) is 6.92 Å². The van der Waals surface area contributed by atoms with Gasteiger partial charge in [-0.2, -0.15) is 17.5 Å². The average molecular weight is 587 g/mol. The zero-order valence-corrected chi connectivity index (χ0v) is 23.8. The maximum absolute atomic E-state index is 13.8. The predicted octanol–water partition coefficient (Wildman–Crippen LogP) is 6.09. The first kappa shape index (κ1) is 29.3. The number of carboxylic acids is 1. The molecule has 0 saturated carbocycles. The number of sulfonamides is 1. The molecule has 0 aliphatic carbocycles. The largest absolute Gasteiger partial charge is 0.481 e. The number of aliphatic carboxylic acids is 1. The number of carboxylic acid groups (broad SMARTS) is 1. The van der Waals surface area contributed by atoms with Crippen molar-refractivity contribution < 1.29 is 31.5 Å². The molecule has 2 fully saturated rings. The van der Waals surface area contributed by atoms with Gasteiger partial charge in [0.2, 0.25) is 10.0 Å². The van der Waals surface area contributed by atoms with Gasteiger partial charge in [0, 0.05) is 31.1 Å². The van der Waals surface area contributed by atoms with E-state index in [1.54, 1.807) is 0 Å². The molecular weight excluding hydrogens is 553 g/mol. The second-order valence-electron chi connectivity index (χ2n) is 10.9. The van der Waals surface area contributed by atoms with Crippen molar-refractivity contribution in [1.82, 2.24) is 9.21 Å². The van der Waals surface area contributed by atoms with Gasteiger partial charge in [0.1, 0.15) is 0 Å². The van der Waals surface area contributed by atoms with Crippen molar-refractivity contribution in [3.63, 3.8) is 0 Å². The lowest BCUT2D eigenvalue weighted by Crippen LogP contribution is -2.67. The van der Waals surface area contributed by atoms with Gasteiger partial charge in [-0.25, -0.2) is 8.42 Å². The van der Waals surface area contributed by atoms with Gasteiger partial charge in [-0.1, -0.05) is 54.6 Å². The molecule has 0 amide bonds. The highest BCUT2D eigenvalue weighted by molar-refractivity contribution is 7.89. The van der Waals surface area contributed by atoms with Gasteiger partial charge in [-0.3, -0.25) is 9.69 Å². The highest BCUT2D eigenvalue weighted by Gasteiger charge is 2.51. The van der Waals surface area contributed by atoms with Gasteiger partial charge < -0.3 is 5.11 Å². The Morgan fingerprint density at radius 3 is 2.32 bits per heavy atom. The first-order chi connectivity index (χ1) is 19.4. The maximum Gasteiger partial charge on any atom is 0.417 e. The zero-order valence-electron chi connectivity index (χ0n) is 22.9. The molecule has 10 heteroatoms. The fourth-order valence-electron chi connectivity index (χ4n) is 6.35. The molecule has 3 aromatic carbocycles. The van der Waals surface area contributed by atoms with Crippen LogP contribution in [0, 0.1) is 13.8 Å². The Morgan fingerprint density at radius 2 is 1.63 bits per heavy atom. The Bertz CT molecular complexity index is 1540. The molecule has 3 aromatic rings. The van der Waals surface area contributed by atoms with Crippen molar-refractivity contribution in [2.75, 3.05) is 19.6 Å². The lowest BCUT2D eigenvalue weighted by atomic mass is 9.72. The van der Waals surface area contributed by atoms with Crippen LogP contribution >= 0.6 is 0 Å². The number of hydrogen-bond acceptors (Lipinski definition) is 4. The Balaban J connectivity index is 1.49. The molecule has 5 rings (SSSR count). The summed E-state index contributed by atoms with van der Waals surface area (Å²) in [6.07, 6.45) is -3.85. The van der Waals surface area contributed by atoms with Gasteiger partial charge in [-0.15, -0.1) is 0 Å². The van der Waals surface area contributed by atoms with Crippen LogP contribution in [0.15, 0.2) is 71.6 Å². The smallest absolute Gasteiger partial charge is 0.417 e. The van der Waals surface area contributed by atoms with Crippen LogP contribution in [0.4, 0.5) is 13.2 Å². The summed E-state index contributed by atoms with van der Waals surface area (Å²) in [5.41, 5.74) is 4.16. The number of nitrogens with zero attached hydrogens (tertiary/aromatic N) is 2. The molecule has 2 heterocycles. The third-order valence-electron chi connectivity index (χ3n) is 8.55. The molecule has 2 saturated heterocycles. The molecule has 3 atom stereocenters. The van der Waals surface area contributed by atoms with E-state index in [1.165, 1.54) is 23.3 Å².